The Hall–Kier alpha value is -3.15. The molecule has 0 aliphatic carbocycles. The Bertz CT molecular complexity index is 1240. The first kappa shape index (κ1) is 19.8. The first-order chi connectivity index (χ1) is 15.0. The van der Waals surface area contributed by atoms with Gasteiger partial charge in [0.15, 0.2) is 5.76 Å². The normalized spacial score (nSPS) is 16.6. The highest BCUT2D eigenvalue weighted by atomic mass is 35.5. The lowest BCUT2D eigenvalue weighted by atomic mass is 9.98. The molecule has 0 unspecified atom stereocenters. The van der Waals surface area contributed by atoms with Crippen LogP contribution in [0, 0.1) is 12.7 Å². The summed E-state index contributed by atoms with van der Waals surface area (Å²) in [6, 6.07) is 15.8. The van der Waals surface area contributed by atoms with Crippen molar-refractivity contribution in [2.24, 2.45) is 0 Å². The molecule has 0 N–H and O–H groups in total. The lowest BCUT2D eigenvalue weighted by molar-refractivity contribution is 0.0872. The molecule has 2 aliphatic rings. The number of nitrogens with zero attached hydrogens (tertiary/aromatic N) is 1. The standard InChI is InChI=1S/C25H19ClFNO3/c1-15-10-21-18(13-28(14-30-21)12-17-7-2-4-8-19(17)26)25-23(15)24(29)22(31-25)11-16-6-3-5-9-20(16)27/h2-11H,12-14H2,1H3/b22-11-. The van der Waals surface area contributed by atoms with Crippen LogP contribution in [-0.4, -0.2) is 17.4 Å². The molecule has 156 valence electrons. The number of fused-ring (bicyclic) bond motifs is 3. The molecule has 2 heterocycles. The van der Waals surface area contributed by atoms with Crippen molar-refractivity contribution in [3.05, 3.63) is 99.0 Å². The van der Waals surface area contributed by atoms with Gasteiger partial charge in [-0.25, -0.2) is 4.39 Å². The van der Waals surface area contributed by atoms with E-state index in [2.05, 4.69) is 4.90 Å². The van der Waals surface area contributed by atoms with Gasteiger partial charge in [-0.1, -0.05) is 48.0 Å². The van der Waals surface area contributed by atoms with E-state index in [1.54, 1.807) is 18.2 Å². The van der Waals surface area contributed by atoms with Crippen LogP contribution in [0.3, 0.4) is 0 Å². The van der Waals surface area contributed by atoms with E-state index >= 15 is 0 Å². The van der Waals surface area contributed by atoms with Crippen LogP contribution in [0.5, 0.6) is 11.5 Å². The Balaban J connectivity index is 1.49. The van der Waals surface area contributed by atoms with Crippen molar-refractivity contribution in [1.82, 2.24) is 4.90 Å². The fourth-order valence-electron chi connectivity index (χ4n) is 3.98. The van der Waals surface area contributed by atoms with E-state index in [9.17, 15) is 9.18 Å². The third-order valence-electron chi connectivity index (χ3n) is 5.53. The summed E-state index contributed by atoms with van der Waals surface area (Å²) in [5.74, 6) is 0.648. The smallest absolute Gasteiger partial charge is 0.232 e. The number of aryl methyl sites for hydroxylation is 1. The topological polar surface area (TPSA) is 38.8 Å². The van der Waals surface area contributed by atoms with Crippen LogP contribution in [0.1, 0.15) is 32.6 Å². The van der Waals surface area contributed by atoms with Gasteiger partial charge in [0.05, 0.1) is 11.1 Å². The quantitative estimate of drug-likeness (QED) is 0.490. The molecule has 0 saturated heterocycles. The molecule has 6 heteroatoms. The molecule has 2 aliphatic heterocycles. The molecule has 0 radical (unpaired) electrons. The van der Waals surface area contributed by atoms with E-state index in [1.165, 1.54) is 12.1 Å². The Labute approximate surface area is 184 Å². The van der Waals surface area contributed by atoms with Gasteiger partial charge in [-0.2, -0.15) is 0 Å². The van der Waals surface area contributed by atoms with Gasteiger partial charge in [0.2, 0.25) is 5.78 Å². The number of rotatable bonds is 3. The second-order valence-corrected chi connectivity index (χ2v) is 8.09. The van der Waals surface area contributed by atoms with E-state index in [-0.39, 0.29) is 11.5 Å². The fraction of sp³-hybridized carbons (Fsp3) is 0.160. The first-order valence-corrected chi connectivity index (χ1v) is 10.3. The summed E-state index contributed by atoms with van der Waals surface area (Å²) in [7, 11) is 0. The fourth-order valence-corrected chi connectivity index (χ4v) is 4.17. The van der Waals surface area contributed by atoms with E-state index in [0.717, 1.165) is 16.7 Å². The third-order valence-corrected chi connectivity index (χ3v) is 5.90. The minimum atomic E-state index is -0.407. The van der Waals surface area contributed by atoms with Crippen molar-refractivity contribution in [2.75, 3.05) is 6.73 Å². The molecule has 0 spiro atoms. The van der Waals surface area contributed by atoms with Gasteiger partial charge >= 0.3 is 0 Å². The van der Waals surface area contributed by atoms with Crippen molar-refractivity contribution >= 4 is 23.5 Å². The van der Waals surface area contributed by atoms with Crippen LogP contribution in [-0.2, 0) is 13.1 Å². The number of allylic oxidation sites excluding steroid dienone is 1. The van der Waals surface area contributed by atoms with Crippen molar-refractivity contribution in [2.45, 2.75) is 20.0 Å². The lowest BCUT2D eigenvalue weighted by Crippen LogP contribution is -2.32. The summed E-state index contributed by atoms with van der Waals surface area (Å²) < 4.78 is 26.1. The van der Waals surface area contributed by atoms with Crippen LogP contribution in [0.25, 0.3) is 6.08 Å². The zero-order valence-corrected chi connectivity index (χ0v) is 17.6. The van der Waals surface area contributed by atoms with E-state index in [0.29, 0.717) is 47.5 Å². The molecule has 3 aromatic rings. The van der Waals surface area contributed by atoms with Crippen LogP contribution in [0.15, 0.2) is 60.4 Å². The number of Topliss-reactive ketones (excluding diaryl/α,β-unsaturated/α-hetero) is 1. The summed E-state index contributed by atoms with van der Waals surface area (Å²) in [5.41, 5.74) is 3.39. The maximum absolute atomic E-state index is 14.1. The highest BCUT2D eigenvalue weighted by Crippen LogP contribution is 2.44. The summed E-state index contributed by atoms with van der Waals surface area (Å²) in [6.07, 6.45) is 1.45. The van der Waals surface area contributed by atoms with Crippen molar-refractivity contribution < 1.29 is 18.7 Å². The van der Waals surface area contributed by atoms with E-state index in [1.807, 2.05) is 37.3 Å². The van der Waals surface area contributed by atoms with Gasteiger partial charge in [0.25, 0.3) is 0 Å². The first-order valence-electron chi connectivity index (χ1n) is 9.95. The Morgan fingerprint density at radius 2 is 1.94 bits per heavy atom. The number of ether oxygens (including phenoxy) is 2. The molecular weight excluding hydrogens is 417 g/mol. The van der Waals surface area contributed by atoms with Gasteiger partial charge in [-0.15, -0.1) is 0 Å². The van der Waals surface area contributed by atoms with Gasteiger partial charge in [0, 0.05) is 23.7 Å². The third kappa shape index (κ3) is 3.60. The highest BCUT2D eigenvalue weighted by molar-refractivity contribution is 6.31. The van der Waals surface area contributed by atoms with Crippen molar-refractivity contribution in [3.63, 3.8) is 0 Å². The number of halogens is 2. The average Bonchev–Trinajstić information content (AvgIpc) is 3.09. The minimum Gasteiger partial charge on any atom is -0.478 e. The van der Waals surface area contributed by atoms with Crippen LogP contribution in [0.2, 0.25) is 5.02 Å². The molecule has 0 atom stereocenters. The zero-order chi connectivity index (χ0) is 21.5. The van der Waals surface area contributed by atoms with Gasteiger partial charge in [-0.3, -0.25) is 9.69 Å². The highest BCUT2D eigenvalue weighted by Gasteiger charge is 2.35. The van der Waals surface area contributed by atoms with Crippen LogP contribution >= 0.6 is 11.6 Å². The number of carbonyl (C=O) groups excluding carboxylic acids is 1. The van der Waals surface area contributed by atoms with Gasteiger partial charge < -0.3 is 9.47 Å². The monoisotopic (exact) mass is 435 g/mol. The summed E-state index contributed by atoms with van der Waals surface area (Å²) in [6.45, 7) is 3.41. The molecule has 0 saturated carbocycles. The molecule has 4 nitrogen and oxygen atoms in total. The summed E-state index contributed by atoms with van der Waals surface area (Å²) in [4.78, 5) is 15.1. The second kappa shape index (κ2) is 7.84. The number of benzene rings is 3. The van der Waals surface area contributed by atoms with Crippen LogP contribution < -0.4 is 9.47 Å². The Morgan fingerprint density at radius 3 is 2.74 bits per heavy atom. The molecule has 31 heavy (non-hydrogen) atoms. The Kier molecular flexibility index (Phi) is 5.00. The summed E-state index contributed by atoms with van der Waals surface area (Å²) >= 11 is 6.31. The number of hydrogen-bond donors (Lipinski definition) is 0. The largest absolute Gasteiger partial charge is 0.478 e. The number of hydrogen-bond acceptors (Lipinski definition) is 4. The maximum Gasteiger partial charge on any atom is 0.232 e. The SMILES string of the molecule is Cc1cc2c(c3c1C(=O)/C(=C/c1ccccc1F)O3)CN(Cc1ccccc1Cl)CO2. The molecule has 0 fully saturated rings. The van der Waals surface area contributed by atoms with E-state index in [4.69, 9.17) is 21.1 Å². The molecule has 0 bridgehead atoms. The minimum absolute atomic E-state index is 0.111. The zero-order valence-electron chi connectivity index (χ0n) is 16.8. The van der Waals surface area contributed by atoms with Crippen LogP contribution in [0.4, 0.5) is 4.39 Å². The van der Waals surface area contributed by atoms with Gasteiger partial charge in [0.1, 0.15) is 24.0 Å². The molecule has 3 aromatic carbocycles. The molecule has 0 aromatic heterocycles. The van der Waals surface area contributed by atoms with Crippen molar-refractivity contribution in [3.8, 4) is 11.5 Å². The Morgan fingerprint density at radius 1 is 1.16 bits per heavy atom. The maximum atomic E-state index is 14.1. The second-order valence-electron chi connectivity index (χ2n) is 7.69. The van der Waals surface area contributed by atoms with Gasteiger partial charge in [-0.05, 0) is 42.3 Å². The predicted octanol–water partition coefficient (Wildman–Crippen LogP) is 5.76. The molecule has 5 rings (SSSR count). The number of carbonyl (C=O) groups is 1. The molecular formula is C25H19ClFNO3. The van der Waals surface area contributed by atoms with E-state index < -0.39 is 5.82 Å². The molecule has 0 amide bonds. The predicted molar refractivity (Wildman–Crippen MR) is 117 cm³/mol. The number of ketones is 1. The summed E-state index contributed by atoms with van der Waals surface area (Å²) in [5, 5.41) is 0.698. The lowest BCUT2D eigenvalue weighted by Gasteiger charge is -2.30. The average molecular weight is 436 g/mol. The van der Waals surface area contributed by atoms with Crippen molar-refractivity contribution in [1.29, 1.82) is 0 Å².